The van der Waals surface area contributed by atoms with E-state index >= 15 is 0 Å². The molecule has 2 rings (SSSR count). The summed E-state index contributed by atoms with van der Waals surface area (Å²) < 4.78 is 13.8. The lowest BCUT2D eigenvalue weighted by Gasteiger charge is -2.40. The number of halogens is 2. The van der Waals surface area contributed by atoms with Crippen LogP contribution in [0.15, 0.2) is 12.3 Å². The zero-order valence-electron chi connectivity index (χ0n) is 9.56. The highest BCUT2D eigenvalue weighted by Gasteiger charge is 2.37. The summed E-state index contributed by atoms with van der Waals surface area (Å²) in [7, 11) is 0. The van der Waals surface area contributed by atoms with E-state index < -0.39 is 0 Å². The Balaban J connectivity index is 2.44. The van der Waals surface area contributed by atoms with Gasteiger partial charge in [-0.15, -0.1) is 0 Å². The van der Waals surface area contributed by atoms with Gasteiger partial charge in [-0.05, 0) is 31.5 Å². The molecule has 1 aliphatic rings. The Kier molecular flexibility index (Phi) is 3.17. The smallest absolute Gasteiger partial charge is 0.216 e. The molecule has 1 aromatic rings. The number of hydrogen-bond donors (Lipinski definition) is 1. The number of nitrogens with zero attached hydrogens (tertiary/aromatic N) is 1. The summed E-state index contributed by atoms with van der Waals surface area (Å²) in [5.74, 6) is -0.0170. The summed E-state index contributed by atoms with van der Waals surface area (Å²) >= 11 is 5.90. The molecule has 0 radical (unpaired) electrons. The first kappa shape index (κ1) is 11.8. The number of rotatable bonds is 1. The van der Waals surface area contributed by atoms with Crippen molar-refractivity contribution in [2.45, 2.75) is 25.7 Å². The molecule has 0 spiro atoms. The van der Waals surface area contributed by atoms with Gasteiger partial charge in [-0.3, -0.25) is 0 Å². The van der Waals surface area contributed by atoms with E-state index in [4.69, 9.17) is 11.6 Å². The highest BCUT2D eigenvalue weighted by Crippen LogP contribution is 2.38. The fraction of sp³-hybridized carbons (Fsp3) is 0.583. The third-order valence-corrected chi connectivity index (χ3v) is 3.99. The van der Waals surface area contributed by atoms with Crippen LogP contribution in [0.3, 0.4) is 0 Å². The number of aromatic nitrogens is 1. The van der Waals surface area contributed by atoms with Crippen molar-refractivity contribution < 1.29 is 4.39 Å². The highest BCUT2D eigenvalue weighted by molar-refractivity contribution is 6.30. The van der Waals surface area contributed by atoms with Gasteiger partial charge in [0.1, 0.15) is 0 Å². The number of pyridine rings is 1. The molecule has 0 saturated carbocycles. The molecule has 88 valence electrons. The monoisotopic (exact) mass is 242 g/mol. The number of piperidine rings is 1. The fourth-order valence-electron chi connectivity index (χ4n) is 2.36. The van der Waals surface area contributed by atoms with E-state index in [0.717, 1.165) is 19.5 Å². The molecule has 1 N–H and O–H groups in total. The predicted octanol–water partition coefficient (Wildman–Crippen LogP) is 2.76. The Labute approximate surface area is 100 Å². The minimum atomic E-state index is -0.388. The molecule has 4 heteroatoms. The molecule has 0 unspecified atom stereocenters. The van der Waals surface area contributed by atoms with Gasteiger partial charge in [0.05, 0.1) is 5.02 Å². The standard InChI is InChI=1S/C12H16ClFN2/c1-8-6-15-4-3-12(8,2)10-5-9(13)7-16-11(10)14/h5,7-8,15H,3-4,6H2,1-2H3/t8-,12-/m0/s1. The third-order valence-electron chi connectivity index (χ3n) is 3.78. The fourth-order valence-corrected chi connectivity index (χ4v) is 2.52. The largest absolute Gasteiger partial charge is 0.316 e. The number of hydrogen-bond acceptors (Lipinski definition) is 2. The number of nitrogens with one attached hydrogen (secondary N) is 1. The quantitative estimate of drug-likeness (QED) is 0.766. The van der Waals surface area contributed by atoms with E-state index in [1.165, 1.54) is 6.20 Å². The van der Waals surface area contributed by atoms with Crippen molar-refractivity contribution in [3.8, 4) is 0 Å². The van der Waals surface area contributed by atoms with Crippen LogP contribution in [0.1, 0.15) is 25.8 Å². The second-order valence-electron chi connectivity index (χ2n) is 4.76. The van der Waals surface area contributed by atoms with Gasteiger partial charge in [0.25, 0.3) is 0 Å². The van der Waals surface area contributed by atoms with E-state index in [1.54, 1.807) is 6.07 Å². The van der Waals surface area contributed by atoms with Gasteiger partial charge in [0.15, 0.2) is 0 Å². The Morgan fingerprint density at radius 2 is 2.38 bits per heavy atom. The first-order chi connectivity index (χ1) is 7.54. The van der Waals surface area contributed by atoms with Crippen molar-refractivity contribution in [3.63, 3.8) is 0 Å². The maximum absolute atomic E-state index is 13.8. The van der Waals surface area contributed by atoms with Crippen molar-refractivity contribution in [1.29, 1.82) is 0 Å². The second-order valence-corrected chi connectivity index (χ2v) is 5.20. The second kappa shape index (κ2) is 4.30. The summed E-state index contributed by atoms with van der Waals surface area (Å²) in [6.45, 7) is 6.04. The molecule has 2 heterocycles. The van der Waals surface area contributed by atoms with Crippen LogP contribution in [0.4, 0.5) is 4.39 Å². The van der Waals surface area contributed by atoms with Crippen molar-refractivity contribution >= 4 is 11.6 Å². The Bertz CT molecular complexity index is 397. The molecule has 1 fully saturated rings. The van der Waals surface area contributed by atoms with Gasteiger partial charge in [-0.25, -0.2) is 4.98 Å². The van der Waals surface area contributed by atoms with Crippen LogP contribution >= 0.6 is 11.6 Å². The third kappa shape index (κ3) is 1.94. The first-order valence-corrected chi connectivity index (χ1v) is 5.94. The van der Waals surface area contributed by atoms with Crippen molar-refractivity contribution in [2.24, 2.45) is 5.92 Å². The molecular weight excluding hydrogens is 227 g/mol. The average Bonchev–Trinajstić information content (AvgIpc) is 2.26. The zero-order valence-corrected chi connectivity index (χ0v) is 10.3. The lowest BCUT2D eigenvalue weighted by atomic mass is 9.69. The van der Waals surface area contributed by atoms with E-state index in [-0.39, 0.29) is 11.4 Å². The Hall–Kier alpha value is -0.670. The van der Waals surface area contributed by atoms with Crippen LogP contribution in [-0.2, 0) is 5.41 Å². The molecule has 1 aromatic heterocycles. The summed E-state index contributed by atoms with van der Waals surface area (Å²) in [4.78, 5) is 3.71. The predicted molar refractivity (Wildman–Crippen MR) is 63.2 cm³/mol. The Morgan fingerprint density at radius 3 is 3.06 bits per heavy atom. The Morgan fingerprint density at radius 1 is 1.62 bits per heavy atom. The van der Waals surface area contributed by atoms with Crippen LogP contribution in [0.25, 0.3) is 0 Å². The van der Waals surface area contributed by atoms with Crippen LogP contribution in [0, 0.1) is 11.9 Å². The molecule has 0 amide bonds. The molecule has 0 aliphatic carbocycles. The van der Waals surface area contributed by atoms with Crippen LogP contribution in [0.5, 0.6) is 0 Å². The minimum Gasteiger partial charge on any atom is -0.316 e. The highest BCUT2D eigenvalue weighted by atomic mass is 35.5. The van der Waals surface area contributed by atoms with Crippen molar-refractivity contribution in [3.05, 3.63) is 28.8 Å². The maximum atomic E-state index is 13.8. The van der Waals surface area contributed by atoms with Gasteiger partial charge in [0, 0.05) is 17.2 Å². The van der Waals surface area contributed by atoms with Gasteiger partial charge in [-0.2, -0.15) is 4.39 Å². The van der Waals surface area contributed by atoms with Crippen molar-refractivity contribution in [2.75, 3.05) is 13.1 Å². The van der Waals surface area contributed by atoms with Crippen LogP contribution in [0.2, 0.25) is 5.02 Å². The molecule has 0 bridgehead atoms. The first-order valence-electron chi connectivity index (χ1n) is 5.56. The summed E-state index contributed by atoms with van der Waals surface area (Å²) in [5.41, 5.74) is 0.474. The molecular formula is C12H16ClFN2. The van der Waals surface area contributed by atoms with Crippen LogP contribution < -0.4 is 5.32 Å². The van der Waals surface area contributed by atoms with Gasteiger partial charge in [0.2, 0.25) is 5.95 Å². The molecule has 1 aliphatic heterocycles. The molecule has 2 nitrogen and oxygen atoms in total. The zero-order chi connectivity index (χ0) is 11.8. The molecule has 16 heavy (non-hydrogen) atoms. The lowest BCUT2D eigenvalue weighted by Crippen LogP contribution is -2.45. The van der Waals surface area contributed by atoms with Gasteiger partial charge >= 0.3 is 0 Å². The SMILES string of the molecule is C[C@H]1CNCC[C@]1(C)c1cc(Cl)cnc1F. The summed E-state index contributed by atoms with van der Waals surface area (Å²) in [6.07, 6.45) is 2.27. The van der Waals surface area contributed by atoms with Crippen LogP contribution in [-0.4, -0.2) is 18.1 Å². The van der Waals surface area contributed by atoms with Gasteiger partial charge in [-0.1, -0.05) is 25.4 Å². The average molecular weight is 243 g/mol. The van der Waals surface area contributed by atoms with E-state index in [2.05, 4.69) is 24.1 Å². The molecule has 0 aromatic carbocycles. The molecule has 1 saturated heterocycles. The van der Waals surface area contributed by atoms with E-state index in [1.807, 2.05) is 0 Å². The van der Waals surface area contributed by atoms with E-state index in [9.17, 15) is 4.39 Å². The normalized spacial score (nSPS) is 30.4. The lowest BCUT2D eigenvalue weighted by molar-refractivity contribution is 0.229. The van der Waals surface area contributed by atoms with Crippen molar-refractivity contribution in [1.82, 2.24) is 10.3 Å². The molecule has 2 atom stereocenters. The van der Waals surface area contributed by atoms with Gasteiger partial charge < -0.3 is 5.32 Å². The summed E-state index contributed by atoms with van der Waals surface area (Å²) in [5, 5.41) is 3.82. The maximum Gasteiger partial charge on any atom is 0.216 e. The minimum absolute atomic E-state index is 0.173. The topological polar surface area (TPSA) is 24.9 Å². The van der Waals surface area contributed by atoms with E-state index in [0.29, 0.717) is 16.5 Å². The summed E-state index contributed by atoms with van der Waals surface area (Å²) in [6, 6.07) is 1.71.